The maximum absolute atomic E-state index is 5.66. The van der Waals surface area contributed by atoms with E-state index in [0.717, 1.165) is 47.5 Å². The summed E-state index contributed by atoms with van der Waals surface area (Å²) >= 11 is 0. The molecule has 34 heavy (non-hydrogen) atoms. The van der Waals surface area contributed by atoms with E-state index in [1.807, 2.05) is 42.0 Å². The lowest BCUT2D eigenvalue weighted by atomic mass is 10.1. The number of nitrogens with one attached hydrogen (secondary N) is 1. The molecule has 1 aliphatic heterocycles. The fraction of sp³-hybridized carbons (Fsp3) is 0.259. The number of ether oxygens (including phenoxy) is 1. The van der Waals surface area contributed by atoms with Crippen LogP contribution in [-0.4, -0.2) is 47.2 Å². The van der Waals surface area contributed by atoms with E-state index >= 15 is 0 Å². The van der Waals surface area contributed by atoms with Crippen molar-refractivity contribution in [2.75, 3.05) is 38.0 Å². The zero-order chi connectivity index (χ0) is 23.7. The van der Waals surface area contributed by atoms with Crippen molar-refractivity contribution in [3.05, 3.63) is 90.0 Å². The highest BCUT2D eigenvalue weighted by atomic mass is 16.5. The van der Waals surface area contributed by atoms with Crippen LogP contribution >= 0.6 is 0 Å². The highest BCUT2D eigenvalue weighted by molar-refractivity contribution is 5.65. The van der Waals surface area contributed by atoms with Gasteiger partial charge in [-0.1, -0.05) is 36.4 Å². The summed E-state index contributed by atoms with van der Waals surface area (Å²) in [5.41, 5.74) is 5.33. The smallest absolute Gasteiger partial charge is 0.144 e. The predicted molar refractivity (Wildman–Crippen MR) is 136 cm³/mol. The lowest BCUT2D eigenvalue weighted by Crippen LogP contribution is -2.31. The van der Waals surface area contributed by atoms with Crippen molar-refractivity contribution in [1.29, 1.82) is 0 Å². The molecule has 7 nitrogen and oxygen atoms in total. The number of hydrogen-bond donors (Lipinski definition) is 1. The fourth-order valence-electron chi connectivity index (χ4n) is 4.57. The summed E-state index contributed by atoms with van der Waals surface area (Å²) in [6.07, 6.45) is 3.78. The number of imidazole rings is 1. The maximum Gasteiger partial charge on any atom is 0.144 e. The zero-order valence-electron chi connectivity index (χ0n) is 20.1. The normalized spacial score (nSPS) is 16.1. The molecule has 7 heteroatoms. The molecule has 0 radical (unpaired) electrons. The molecule has 0 bridgehead atoms. The van der Waals surface area contributed by atoms with Gasteiger partial charge in [0.05, 0.1) is 30.9 Å². The van der Waals surface area contributed by atoms with Crippen molar-refractivity contribution in [2.45, 2.75) is 19.5 Å². The summed E-state index contributed by atoms with van der Waals surface area (Å²) in [4.78, 5) is 14.0. The highest BCUT2D eigenvalue weighted by Crippen LogP contribution is 2.34. The van der Waals surface area contributed by atoms with E-state index in [9.17, 15) is 0 Å². The quantitative estimate of drug-likeness (QED) is 0.460. The summed E-state index contributed by atoms with van der Waals surface area (Å²) in [6, 6.07) is 21.1. The van der Waals surface area contributed by atoms with Crippen LogP contribution in [0.3, 0.4) is 0 Å². The molecule has 5 rings (SSSR count). The minimum atomic E-state index is 0.230. The number of nitrogens with zero attached hydrogens (tertiary/aromatic N) is 5. The first-order valence-corrected chi connectivity index (χ1v) is 11.4. The molecule has 2 aromatic heterocycles. The van der Waals surface area contributed by atoms with Crippen LogP contribution in [0, 0.1) is 6.92 Å². The molecule has 2 aromatic carbocycles. The average Bonchev–Trinajstić information content (AvgIpc) is 3.24. The fourth-order valence-corrected chi connectivity index (χ4v) is 4.57. The van der Waals surface area contributed by atoms with Gasteiger partial charge in [-0.15, -0.1) is 0 Å². The van der Waals surface area contributed by atoms with Gasteiger partial charge in [-0.3, -0.25) is 4.90 Å². The van der Waals surface area contributed by atoms with Gasteiger partial charge < -0.3 is 19.5 Å². The molecule has 1 aliphatic rings. The second-order valence-electron chi connectivity index (χ2n) is 8.85. The minimum absolute atomic E-state index is 0.230. The van der Waals surface area contributed by atoms with Crippen molar-refractivity contribution in [3.63, 3.8) is 0 Å². The van der Waals surface area contributed by atoms with Crippen LogP contribution in [0.5, 0.6) is 5.75 Å². The Hall–Kier alpha value is -3.84. The second-order valence-corrected chi connectivity index (χ2v) is 8.85. The van der Waals surface area contributed by atoms with Crippen LogP contribution in [0.25, 0.3) is 5.69 Å². The standard InChI is InChI=1S/C27H30N6O/c1-19-15-33(18-28-19)23-12-11-22(14-25(23)34-4)29-26-13-10-21-16-31(2)17-24(32(3)27(21)30-26)20-8-6-5-7-9-20/h5-15,18,24H,16-17H2,1-4H3,(H,29,30). The van der Waals surface area contributed by atoms with Gasteiger partial charge in [0.15, 0.2) is 0 Å². The summed E-state index contributed by atoms with van der Waals surface area (Å²) in [5, 5.41) is 3.46. The third kappa shape index (κ3) is 4.34. The van der Waals surface area contributed by atoms with E-state index in [0.29, 0.717) is 0 Å². The second kappa shape index (κ2) is 9.19. The Morgan fingerprint density at radius 3 is 2.59 bits per heavy atom. The first-order chi connectivity index (χ1) is 16.5. The number of methoxy groups -OCH3 is 1. The molecule has 3 heterocycles. The van der Waals surface area contributed by atoms with Crippen molar-refractivity contribution in [1.82, 2.24) is 19.4 Å². The Bertz CT molecular complexity index is 1290. The molecule has 0 fully saturated rings. The van der Waals surface area contributed by atoms with Gasteiger partial charge in [0.25, 0.3) is 0 Å². The molecule has 1 N–H and O–H groups in total. The largest absolute Gasteiger partial charge is 0.494 e. The molecule has 0 saturated carbocycles. The lowest BCUT2D eigenvalue weighted by molar-refractivity contribution is 0.312. The van der Waals surface area contributed by atoms with Crippen LogP contribution < -0.4 is 15.0 Å². The number of benzene rings is 2. The summed E-state index contributed by atoms with van der Waals surface area (Å²) in [5.74, 6) is 2.57. The summed E-state index contributed by atoms with van der Waals surface area (Å²) in [6.45, 7) is 3.77. The van der Waals surface area contributed by atoms with E-state index in [1.165, 1.54) is 11.1 Å². The molecular formula is C27H30N6O. The number of anilines is 3. The molecule has 0 amide bonds. The van der Waals surface area contributed by atoms with Crippen molar-refractivity contribution >= 4 is 17.3 Å². The third-order valence-electron chi connectivity index (χ3n) is 6.31. The Balaban J connectivity index is 1.44. The molecule has 4 aromatic rings. The van der Waals surface area contributed by atoms with Crippen LogP contribution in [0.1, 0.15) is 22.9 Å². The van der Waals surface area contributed by atoms with Gasteiger partial charge in [0.2, 0.25) is 0 Å². The lowest BCUT2D eigenvalue weighted by Gasteiger charge is -2.30. The number of fused-ring (bicyclic) bond motifs is 1. The maximum atomic E-state index is 5.66. The number of aryl methyl sites for hydroxylation is 1. The Morgan fingerprint density at radius 2 is 1.85 bits per heavy atom. The third-order valence-corrected chi connectivity index (χ3v) is 6.31. The van der Waals surface area contributed by atoms with Crippen LogP contribution in [0.2, 0.25) is 0 Å². The minimum Gasteiger partial charge on any atom is -0.494 e. The van der Waals surface area contributed by atoms with E-state index in [1.54, 1.807) is 13.4 Å². The van der Waals surface area contributed by atoms with Crippen molar-refractivity contribution < 1.29 is 4.74 Å². The van der Waals surface area contributed by atoms with Gasteiger partial charge >= 0.3 is 0 Å². The van der Waals surface area contributed by atoms with Crippen LogP contribution in [0.15, 0.2) is 73.2 Å². The summed E-state index contributed by atoms with van der Waals surface area (Å²) < 4.78 is 7.63. The van der Waals surface area contributed by atoms with Gasteiger partial charge in [0, 0.05) is 43.7 Å². The molecule has 1 unspecified atom stereocenters. The molecule has 1 atom stereocenters. The first-order valence-electron chi connectivity index (χ1n) is 11.4. The zero-order valence-corrected chi connectivity index (χ0v) is 20.1. The van der Waals surface area contributed by atoms with Gasteiger partial charge in [-0.25, -0.2) is 9.97 Å². The molecule has 0 saturated heterocycles. The van der Waals surface area contributed by atoms with Crippen molar-refractivity contribution in [3.8, 4) is 11.4 Å². The number of likely N-dealkylation sites (N-methyl/N-ethyl adjacent to an activating group) is 2. The van der Waals surface area contributed by atoms with E-state index < -0.39 is 0 Å². The van der Waals surface area contributed by atoms with Crippen molar-refractivity contribution in [2.24, 2.45) is 0 Å². The number of pyridine rings is 1. The Kier molecular flexibility index (Phi) is 5.94. The van der Waals surface area contributed by atoms with E-state index in [4.69, 9.17) is 9.72 Å². The average molecular weight is 455 g/mol. The van der Waals surface area contributed by atoms with Crippen LogP contribution in [-0.2, 0) is 6.54 Å². The Labute approximate surface area is 200 Å². The SMILES string of the molecule is COc1cc(Nc2ccc3c(n2)N(C)C(c2ccccc2)CN(C)C3)ccc1-n1cnc(C)c1. The first kappa shape index (κ1) is 22.0. The Morgan fingerprint density at radius 1 is 1.03 bits per heavy atom. The van der Waals surface area contributed by atoms with E-state index in [-0.39, 0.29) is 6.04 Å². The summed E-state index contributed by atoms with van der Waals surface area (Å²) in [7, 11) is 5.99. The molecule has 174 valence electrons. The highest BCUT2D eigenvalue weighted by Gasteiger charge is 2.26. The molecular weight excluding hydrogens is 424 g/mol. The predicted octanol–water partition coefficient (Wildman–Crippen LogP) is 4.95. The van der Waals surface area contributed by atoms with Gasteiger partial charge in [0.1, 0.15) is 17.4 Å². The van der Waals surface area contributed by atoms with Crippen LogP contribution in [0.4, 0.5) is 17.3 Å². The molecule has 0 aliphatic carbocycles. The number of rotatable bonds is 5. The monoisotopic (exact) mass is 454 g/mol. The number of hydrogen-bond acceptors (Lipinski definition) is 6. The van der Waals surface area contributed by atoms with Gasteiger partial charge in [-0.2, -0.15) is 0 Å². The molecule has 0 spiro atoms. The van der Waals surface area contributed by atoms with E-state index in [2.05, 4.69) is 70.6 Å². The number of aromatic nitrogens is 3. The topological polar surface area (TPSA) is 58.5 Å². The van der Waals surface area contributed by atoms with Gasteiger partial charge in [-0.05, 0) is 37.7 Å².